The molecule has 13 heteroatoms. The van der Waals surface area contributed by atoms with E-state index in [1.165, 1.54) is 29.8 Å². The molecule has 3 aromatic carbocycles. The summed E-state index contributed by atoms with van der Waals surface area (Å²) in [6, 6.07) is 22.2. The Morgan fingerprint density at radius 3 is 2.49 bits per heavy atom. The molecule has 0 saturated carbocycles. The molecule has 1 atom stereocenters. The first-order valence-electron chi connectivity index (χ1n) is 14.4. The highest BCUT2D eigenvalue weighted by molar-refractivity contribution is 9.10. The van der Waals surface area contributed by atoms with Gasteiger partial charge in [-0.05, 0) is 63.5 Å². The van der Waals surface area contributed by atoms with Gasteiger partial charge in [0.25, 0.3) is 0 Å². The SMILES string of the molecule is O=C(O)C(Cc1ccccc1OCc1ccnc(-c2ccccc2OCCO)n1)Oc1ncnc2sc(-c3ccc(F)cc3)c(Br)c12. The standard InChI is InChI=1S/C34H26BrFN4O6S/c35-29-28-32(38-19-39-33(28)47-30(29)20-9-11-22(36)12-10-20)46-27(34(42)43)17-21-5-1-3-7-25(21)45-18-23-13-14-37-31(40-23)24-6-2-4-8-26(24)44-16-15-41/h1-14,19,27,41H,15-18H2,(H,42,43). The quantitative estimate of drug-likeness (QED) is 0.132. The van der Waals surface area contributed by atoms with Gasteiger partial charge >= 0.3 is 5.97 Å². The number of carboxylic acid groups (broad SMARTS) is 1. The number of nitrogens with zero attached hydrogens (tertiary/aromatic N) is 4. The third-order valence-electron chi connectivity index (χ3n) is 6.97. The number of rotatable bonds is 13. The Morgan fingerprint density at radius 1 is 0.936 bits per heavy atom. The Labute approximate surface area is 280 Å². The number of hydrogen-bond donors (Lipinski definition) is 2. The number of halogens is 2. The fraction of sp³-hybridized carbons (Fsp3) is 0.147. The maximum Gasteiger partial charge on any atom is 0.345 e. The van der Waals surface area contributed by atoms with Crippen molar-refractivity contribution in [1.29, 1.82) is 0 Å². The van der Waals surface area contributed by atoms with Gasteiger partial charge in [-0.25, -0.2) is 29.1 Å². The van der Waals surface area contributed by atoms with Gasteiger partial charge in [0.05, 0.1) is 32.6 Å². The minimum Gasteiger partial charge on any atom is -0.490 e. The van der Waals surface area contributed by atoms with Crippen molar-refractivity contribution >= 4 is 43.5 Å². The van der Waals surface area contributed by atoms with E-state index in [4.69, 9.17) is 19.3 Å². The van der Waals surface area contributed by atoms with E-state index in [1.54, 1.807) is 54.7 Å². The second kappa shape index (κ2) is 14.6. The molecule has 0 saturated heterocycles. The van der Waals surface area contributed by atoms with Crippen LogP contribution in [-0.4, -0.2) is 55.4 Å². The number of fused-ring (bicyclic) bond motifs is 1. The first-order valence-corrected chi connectivity index (χ1v) is 16.0. The Kier molecular flexibility index (Phi) is 9.95. The first-order chi connectivity index (χ1) is 22.9. The number of carboxylic acids is 1. The van der Waals surface area contributed by atoms with Gasteiger partial charge < -0.3 is 24.4 Å². The fourth-order valence-electron chi connectivity index (χ4n) is 4.77. The minimum absolute atomic E-state index is 0.0197. The number of aliphatic hydroxyl groups is 1. The highest BCUT2D eigenvalue weighted by atomic mass is 79.9. The molecule has 0 fully saturated rings. The fourth-order valence-corrected chi connectivity index (χ4v) is 6.76. The van der Waals surface area contributed by atoms with Crippen LogP contribution in [0.2, 0.25) is 0 Å². The van der Waals surface area contributed by atoms with Crippen LogP contribution in [0.3, 0.4) is 0 Å². The van der Waals surface area contributed by atoms with Gasteiger partial charge in [0.15, 0.2) is 5.82 Å². The zero-order chi connectivity index (χ0) is 32.8. The number of aliphatic carboxylic acids is 1. The van der Waals surface area contributed by atoms with Gasteiger partial charge in [-0.3, -0.25) is 0 Å². The number of hydrogen-bond acceptors (Lipinski definition) is 10. The van der Waals surface area contributed by atoms with Crippen LogP contribution in [0.1, 0.15) is 11.3 Å². The third-order valence-corrected chi connectivity index (χ3v) is 9.18. The second-order valence-corrected chi connectivity index (χ2v) is 11.9. The number of para-hydroxylation sites is 2. The van der Waals surface area contributed by atoms with Crippen molar-refractivity contribution in [1.82, 2.24) is 19.9 Å². The third kappa shape index (κ3) is 7.38. The minimum atomic E-state index is -1.31. The summed E-state index contributed by atoms with van der Waals surface area (Å²) in [4.78, 5) is 31.4. The molecule has 2 N–H and O–H groups in total. The summed E-state index contributed by atoms with van der Waals surface area (Å²) >= 11 is 4.95. The predicted molar refractivity (Wildman–Crippen MR) is 177 cm³/mol. The Hall–Kier alpha value is -4.98. The highest BCUT2D eigenvalue weighted by Crippen LogP contribution is 2.44. The number of benzene rings is 3. The predicted octanol–water partition coefficient (Wildman–Crippen LogP) is 6.74. The number of ether oxygens (including phenoxy) is 3. The molecule has 47 heavy (non-hydrogen) atoms. The summed E-state index contributed by atoms with van der Waals surface area (Å²) in [5.74, 6) is 0.0272. The summed E-state index contributed by atoms with van der Waals surface area (Å²) < 4.78 is 31.9. The summed E-state index contributed by atoms with van der Waals surface area (Å²) in [7, 11) is 0. The van der Waals surface area contributed by atoms with Gasteiger partial charge in [0.1, 0.15) is 41.7 Å². The largest absolute Gasteiger partial charge is 0.490 e. The molecule has 0 amide bonds. The topological polar surface area (TPSA) is 137 Å². The number of aliphatic hydroxyl groups excluding tert-OH is 1. The van der Waals surface area contributed by atoms with Gasteiger partial charge in [0.2, 0.25) is 12.0 Å². The lowest BCUT2D eigenvalue weighted by Crippen LogP contribution is -2.30. The average Bonchev–Trinajstić information content (AvgIpc) is 3.44. The number of carbonyl (C=O) groups is 1. The molecule has 0 radical (unpaired) electrons. The lowest BCUT2D eigenvalue weighted by Gasteiger charge is -2.17. The normalized spacial score (nSPS) is 11.7. The van der Waals surface area contributed by atoms with Crippen molar-refractivity contribution in [3.05, 3.63) is 113 Å². The van der Waals surface area contributed by atoms with E-state index in [0.717, 1.165) is 10.4 Å². The molecule has 6 rings (SSSR count). The van der Waals surface area contributed by atoms with Crippen molar-refractivity contribution in [2.75, 3.05) is 13.2 Å². The Bertz CT molecular complexity index is 2030. The molecule has 0 aliphatic rings. The van der Waals surface area contributed by atoms with Crippen LogP contribution in [0.25, 0.3) is 32.0 Å². The van der Waals surface area contributed by atoms with E-state index in [1.807, 2.05) is 18.2 Å². The lowest BCUT2D eigenvalue weighted by atomic mass is 10.1. The van der Waals surface area contributed by atoms with E-state index < -0.39 is 12.1 Å². The Morgan fingerprint density at radius 2 is 1.70 bits per heavy atom. The molecule has 238 valence electrons. The van der Waals surface area contributed by atoms with Crippen LogP contribution in [0.15, 0.2) is 95.9 Å². The molecule has 0 aliphatic heterocycles. The molecule has 3 aromatic heterocycles. The van der Waals surface area contributed by atoms with Gasteiger partial charge in [-0.15, -0.1) is 11.3 Å². The van der Waals surface area contributed by atoms with Crippen LogP contribution in [-0.2, 0) is 17.8 Å². The molecule has 6 aromatic rings. The maximum absolute atomic E-state index is 13.5. The molecule has 0 aliphatic carbocycles. The van der Waals surface area contributed by atoms with E-state index in [9.17, 15) is 14.3 Å². The van der Waals surface area contributed by atoms with Crippen LogP contribution < -0.4 is 14.2 Å². The zero-order valence-electron chi connectivity index (χ0n) is 24.5. The van der Waals surface area contributed by atoms with Crippen molar-refractivity contribution in [3.8, 4) is 39.2 Å². The zero-order valence-corrected chi connectivity index (χ0v) is 26.9. The summed E-state index contributed by atoms with van der Waals surface area (Å²) in [6.45, 7) is 0.107. The number of thiophene rings is 1. The second-order valence-electron chi connectivity index (χ2n) is 10.1. The van der Waals surface area contributed by atoms with Crippen molar-refractivity contribution < 1.29 is 33.6 Å². The first kappa shape index (κ1) is 32.0. The van der Waals surface area contributed by atoms with Gasteiger partial charge in [0, 0.05) is 12.6 Å². The van der Waals surface area contributed by atoms with E-state index in [2.05, 4.69) is 35.9 Å². The summed E-state index contributed by atoms with van der Waals surface area (Å²) in [5.41, 5.74) is 2.64. The maximum atomic E-state index is 13.5. The van der Waals surface area contributed by atoms with Crippen LogP contribution in [0.4, 0.5) is 4.39 Å². The molecular weight excluding hydrogens is 691 g/mol. The molecule has 1 unspecified atom stereocenters. The van der Waals surface area contributed by atoms with E-state index in [-0.39, 0.29) is 37.9 Å². The van der Waals surface area contributed by atoms with Crippen LogP contribution >= 0.6 is 27.3 Å². The van der Waals surface area contributed by atoms with E-state index >= 15 is 0 Å². The highest BCUT2D eigenvalue weighted by Gasteiger charge is 2.26. The number of aromatic nitrogens is 4. The van der Waals surface area contributed by atoms with Gasteiger partial charge in [-0.2, -0.15) is 0 Å². The van der Waals surface area contributed by atoms with Crippen molar-refractivity contribution in [2.45, 2.75) is 19.1 Å². The molecule has 10 nitrogen and oxygen atoms in total. The van der Waals surface area contributed by atoms with Crippen molar-refractivity contribution in [2.24, 2.45) is 0 Å². The van der Waals surface area contributed by atoms with Gasteiger partial charge in [-0.1, -0.05) is 42.5 Å². The molecule has 0 spiro atoms. The van der Waals surface area contributed by atoms with Crippen molar-refractivity contribution in [3.63, 3.8) is 0 Å². The molecule has 3 heterocycles. The Balaban J connectivity index is 1.21. The van der Waals surface area contributed by atoms with Crippen LogP contribution in [0.5, 0.6) is 17.4 Å². The van der Waals surface area contributed by atoms with Crippen LogP contribution in [0, 0.1) is 5.82 Å². The average molecular weight is 718 g/mol. The smallest absolute Gasteiger partial charge is 0.345 e. The summed E-state index contributed by atoms with van der Waals surface area (Å²) in [5, 5.41) is 19.9. The monoisotopic (exact) mass is 716 g/mol. The summed E-state index contributed by atoms with van der Waals surface area (Å²) in [6.07, 6.45) is 1.61. The lowest BCUT2D eigenvalue weighted by molar-refractivity contribution is -0.145. The van der Waals surface area contributed by atoms with E-state index in [0.29, 0.717) is 48.8 Å². The molecular formula is C34H26BrFN4O6S. The molecule has 0 bridgehead atoms.